The van der Waals surface area contributed by atoms with Crippen LogP contribution in [0.4, 0.5) is 5.69 Å². The van der Waals surface area contributed by atoms with Crippen LogP contribution in [0.5, 0.6) is 11.5 Å². The van der Waals surface area contributed by atoms with Gasteiger partial charge in [-0.15, -0.1) is 0 Å². The van der Waals surface area contributed by atoms with Crippen molar-refractivity contribution in [3.63, 3.8) is 0 Å². The number of aromatic amines is 1. The number of H-pyrrole nitrogens is 1. The molecule has 0 saturated heterocycles. The molecule has 7 heteroatoms. The molecule has 1 amide bonds. The van der Waals surface area contributed by atoms with E-state index >= 15 is 0 Å². The summed E-state index contributed by atoms with van der Waals surface area (Å²) >= 11 is 3.48. The Kier molecular flexibility index (Phi) is 5.19. The third-order valence-corrected chi connectivity index (χ3v) is 6.20. The van der Waals surface area contributed by atoms with E-state index in [-0.39, 0.29) is 5.91 Å². The Morgan fingerprint density at radius 1 is 0.938 bits per heavy atom. The third-order valence-electron chi connectivity index (χ3n) is 5.67. The molecule has 4 aromatic rings. The lowest BCUT2D eigenvalue weighted by Crippen LogP contribution is -2.29. The van der Waals surface area contributed by atoms with Gasteiger partial charge in [-0.2, -0.15) is 5.10 Å². The second kappa shape index (κ2) is 8.16. The van der Waals surface area contributed by atoms with Gasteiger partial charge in [0.2, 0.25) is 0 Å². The van der Waals surface area contributed by atoms with Crippen LogP contribution in [0.2, 0.25) is 0 Å². The lowest BCUT2D eigenvalue weighted by Gasteiger charge is -2.27. The first-order chi connectivity index (χ1) is 15.6. The monoisotopic (exact) mass is 489 g/mol. The van der Waals surface area contributed by atoms with Gasteiger partial charge in [0.25, 0.3) is 5.91 Å². The highest BCUT2D eigenvalue weighted by Gasteiger charge is 2.44. The summed E-state index contributed by atoms with van der Waals surface area (Å²) in [6.07, 6.45) is 0. The third kappa shape index (κ3) is 3.26. The van der Waals surface area contributed by atoms with Crippen molar-refractivity contribution in [3.8, 4) is 22.8 Å². The summed E-state index contributed by atoms with van der Waals surface area (Å²) in [6, 6.07) is 22.7. The number of hydrogen-bond acceptors (Lipinski definition) is 4. The first kappa shape index (κ1) is 20.3. The maximum Gasteiger partial charge on any atom is 0.277 e. The number of methoxy groups -OCH3 is 2. The number of carbonyl (C=O) groups is 1. The van der Waals surface area contributed by atoms with Crippen molar-refractivity contribution < 1.29 is 14.3 Å². The van der Waals surface area contributed by atoms with Crippen LogP contribution in [-0.2, 0) is 0 Å². The predicted molar refractivity (Wildman–Crippen MR) is 126 cm³/mol. The minimum absolute atomic E-state index is 0.134. The molecule has 6 nitrogen and oxygen atoms in total. The zero-order valence-corrected chi connectivity index (χ0v) is 19.1. The summed E-state index contributed by atoms with van der Waals surface area (Å²) in [5, 5.41) is 7.51. The number of ether oxygens (including phenoxy) is 2. The van der Waals surface area contributed by atoms with Gasteiger partial charge < -0.3 is 9.47 Å². The van der Waals surface area contributed by atoms with Crippen LogP contribution in [0.25, 0.3) is 11.3 Å². The van der Waals surface area contributed by atoms with Gasteiger partial charge in [0, 0.05) is 26.9 Å². The fourth-order valence-electron chi connectivity index (χ4n) is 4.17. The molecule has 1 unspecified atom stereocenters. The molecule has 160 valence electrons. The number of aromatic nitrogens is 2. The van der Waals surface area contributed by atoms with E-state index in [1.807, 2.05) is 72.8 Å². The van der Waals surface area contributed by atoms with Crippen LogP contribution in [0.15, 0.2) is 77.3 Å². The molecule has 0 bridgehead atoms. The average Bonchev–Trinajstić information content (AvgIpc) is 3.39. The number of nitrogens with zero attached hydrogens (tertiary/aromatic N) is 2. The normalized spacial score (nSPS) is 15.0. The number of anilines is 1. The topological polar surface area (TPSA) is 67.5 Å². The summed E-state index contributed by atoms with van der Waals surface area (Å²) in [5.74, 6) is 1.34. The molecule has 0 aliphatic carbocycles. The maximum atomic E-state index is 13.6. The Morgan fingerprint density at radius 2 is 1.66 bits per heavy atom. The summed E-state index contributed by atoms with van der Waals surface area (Å²) in [4.78, 5) is 15.4. The molecule has 1 aliphatic heterocycles. The van der Waals surface area contributed by atoms with Crippen molar-refractivity contribution in [1.29, 1.82) is 0 Å². The molecular formula is C25H20BrN3O3. The molecule has 32 heavy (non-hydrogen) atoms. The number of halogens is 1. The molecule has 0 fully saturated rings. The Balaban J connectivity index is 1.72. The average molecular weight is 490 g/mol. The van der Waals surface area contributed by atoms with Gasteiger partial charge in [-0.1, -0.05) is 34.1 Å². The van der Waals surface area contributed by atoms with Crippen LogP contribution in [0, 0.1) is 0 Å². The highest BCUT2D eigenvalue weighted by Crippen LogP contribution is 2.47. The van der Waals surface area contributed by atoms with Gasteiger partial charge >= 0.3 is 0 Å². The van der Waals surface area contributed by atoms with Crippen LogP contribution in [0.1, 0.15) is 27.7 Å². The number of fused-ring (bicyclic) bond motifs is 1. The van der Waals surface area contributed by atoms with Gasteiger partial charge in [-0.05, 0) is 54.6 Å². The Hall–Kier alpha value is -3.58. The summed E-state index contributed by atoms with van der Waals surface area (Å²) in [6.45, 7) is 0. The molecule has 5 rings (SSSR count). The van der Waals surface area contributed by atoms with E-state index in [0.29, 0.717) is 11.4 Å². The summed E-state index contributed by atoms with van der Waals surface area (Å²) < 4.78 is 11.9. The maximum absolute atomic E-state index is 13.6. The lowest BCUT2D eigenvalue weighted by atomic mass is 9.95. The Morgan fingerprint density at radius 3 is 2.34 bits per heavy atom. The number of para-hydroxylation sites is 1. The number of hydrogen-bond donors (Lipinski definition) is 1. The van der Waals surface area contributed by atoms with E-state index < -0.39 is 6.04 Å². The van der Waals surface area contributed by atoms with Crippen molar-refractivity contribution in [2.24, 2.45) is 0 Å². The molecule has 1 aromatic heterocycles. The van der Waals surface area contributed by atoms with Gasteiger partial charge in [0.15, 0.2) is 0 Å². The second-order valence-electron chi connectivity index (χ2n) is 7.39. The van der Waals surface area contributed by atoms with Gasteiger partial charge in [0.05, 0.1) is 26.0 Å². The van der Waals surface area contributed by atoms with Crippen molar-refractivity contribution in [2.75, 3.05) is 19.1 Å². The first-order valence-electron chi connectivity index (χ1n) is 10.1. The summed E-state index contributed by atoms with van der Waals surface area (Å²) in [7, 11) is 3.27. The molecule has 0 radical (unpaired) electrons. The quantitative estimate of drug-likeness (QED) is 0.395. The zero-order chi connectivity index (χ0) is 22.2. The number of carbonyl (C=O) groups excluding carboxylic acids is 1. The van der Waals surface area contributed by atoms with Crippen LogP contribution in [0.3, 0.4) is 0 Å². The number of nitrogens with one attached hydrogen (secondary N) is 1. The number of benzene rings is 3. The van der Waals surface area contributed by atoms with E-state index in [1.165, 1.54) is 0 Å². The van der Waals surface area contributed by atoms with Crippen LogP contribution in [-0.4, -0.2) is 30.3 Å². The largest absolute Gasteiger partial charge is 0.497 e. The number of amides is 1. The van der Waals surface area contributed by atoms with E-state index in [2.05, 4.69) is 26.1 Å². The number of rotatable bonds is 5. The Bertz CT molecular complexity index is 1280. The SMILES string of the molecule is COc1ccc(-c2n[nH]c3c2C(c2ccccc2OC)N(c2ccc(Br)cc2)C3=O)cc1. The fraction of sp³-hybridized carbons (Fsp3) is 0.120. The van der Waals surface area contributed by atoms with Crippen molar-refractivity contribution >= 4 is 27.5 Å². The minimum Gasteiger partial charge on any atom is -0.497 e. The summed E-state index contributed by atoms with van der Waals surface area (Å²) in [5.41, 5.74) is 4.61. The molecule has 1 aliphatic rings. The van der Waals surface area contributed by atoms with E-state index in [1.54, 1.807) is 19.1 Å². The standard InChI is InChI=1S/C25H20BrN3O3/c1-31-18-13-7-15(8-14-18)22-21-23(28-27-22)25(30)29(17-11-9-16(26)10-12-17)24(21)19-5-3-4-6-20(19)32-2/h3-14,24H,1-2H3,(H,27,28). The van der Waals surface area contributed by atoms with E-state index in [4.69, 9.17) is 9.47 Å². The fourth-order valence-corrected chi connectivity index (χ4v) is 4.43. The smallest absolute Gasteiger partial charge is 0.277 e. The Labute approximate surface area is 193 Å². The van der Waals surface area contributed by atoms with Gasteiger partial charge in [-0.3, -0.25) is 14.8 Å². The first-order valence-corrected chi connectivity index (χ1v) is 10.9. The zero-order valence-electron chi connectivity index (χ0n) is 17.5. The van der Waals surface area contributed by atoms with E-state index in [0.717, 1.165) is 38.3 Å². The second-order valence-corrected chi connectivity index (χ2v) is 8.30. The van der Waals surface area contributed by atoms with E-state index in [9.17, 15) is 4.79 Å². The molecule has 0 saturated carbocycles. The van der Waals surface area contributed by atoms with Crippen molar-refractivity contribution in [3.05, 3.63) is 94.1 Å². The highest BCUT2D eigenvalue weighted by atomic mass is 79.9. The van der Waals surface area contributed by atoms with Crippen LogP contribution < -0.4 is 14.4 Å². The van der Waals surface area contributed by atoms with Crippen molar-refractivity contribution in [1.82, 2.24) is 10.2 Å². The van der Waals surface area contributed by atoms with Crippen molar-refractivity contribution in [2.45, 2.75) is 6.04 Å². The lowest BCUT2D eigenvalue weighted by molar-refractivity contribution is 0.0988. The van der Waals surface area contributed by atoms with Crippen LogP contribution >= 0.6 is 15.9 Å². The highest BCUT2D eigenvalue weighted by molar-refractivity contribution is 9.10. The van der Waals surface area contributed by atoms with Gasteiger partial charge in [-0.25, -0.2) is 0 Å². The molecular weight excluding hydrogens is 470 g/mol. The minimum atomic E-state index is -0.398. The molecule has 1 atom stereocenters. The molecule has 0 spiro atoms. The molecule has 3 aromatic carbocycles. The molecule has 1 N–H and O–H groups in total. The molecule has 2 heterocycles. The predicted octanol–water partition coefficient (Wildman–Crippen LogP) is 5.61. The van der Waals surface area contributed by atoms with Gasteiger partial charge in [0.1, 0.15) is 17.2 Å².